The zero-order valence-electron chi connectivity index (χ0n) is 11.6. The van der Waals surface area contributed by atoms with Crippen LogP contribution in [0.2, 0.25) is 0 Å². The molecule has 1 saturated heterocycles. The van der Waals surface area contributed by atoms with Crippen LogP contribution in [0, 0.1) is 0 Å². The van der Waals surface area contributed by atoms with Gasteiger partial charge in [0.1, 0.15) is 0 Å². The molecule has 0 aromatic rings. The second-order valence-electron chi connectivity index (χ2n) is 6.50. The third-order valence-corrected chi connectivity index (χ3v) is 4.19. The lowest BCUT2D eigenvalue weighted by Crippen LogP contribution is -2.43. The first-order valence-corrected chi connectivity index (χ1v) is 7.05. The molecular formula is C14H26O4. The van der Waals surface area contributed by atoms with Crippen LogP contribution in [0.5, 0.6) is 0 Å². The summed E-state index contributed by atoms with van der Waals surface area (Å²) in [4.78, 5) is 0. The van der Waals surface area contributed by atoms with Gasteiger partial charge in [0, 0.05) is 12.8 Å². The molecule has 2 fully saturated rings. The highest BCUT2D eigenvalue weighted by Crippen LogP contribution is 2.42. The molecular weight excluding hydrogens is 232 g/mol. The van der Waals surface area contributed by atoms with Gasteiger partial charge in [0.25, 0.3) is 0 Å². The fourth-order valence-corrected chi connectivity index (χ4v) is 2.98. The average molecular weight is 258 g/mol. The van der Waals surface area contributed by atoms with Gasteiger partial charge in [0.2, 0.25) is 0 Å². The van der Waals surface area contributed by atoms with Crippen molar-refractivity contribution in [2.75, 3.05) is 13.2 Å². The van der Waals surface area contributed by atoms with E-state index >= 15 is 0 Å². The van der Waals surface area contributed by atoms with Gasteiger partial charge in [-0.25, -0.2) is 0 Å². The monoisotopic (exact) mass is 258 g/mol. The summed E-state index contributed by atoms with van der Waals surface area (Å²) in [6.45, 7) is 4.98. The zero-order chi connectivity index (χ0) is 13.3. The molecule has 0 bridgehead atoms. The highest BCUT2D eigenvalue weighted by atomic mass is 16.7. The van der Waals surface area contributed by atoms with Crippen molar-refractivity contribution in [3.8, 4) is 0 Å². The molecule has 1 aliphatic carbocycles. The van der Waals surface area contributed by atoms with Crippen LogP contribution in [0.1, 0.15) is 58.8 Å². The van der Waals surface area contributed by atoms with Crippen LogP contribution in [0.15, 0.2) is 0 Å². The molecule has 0 radical (unpaired) electrons. The normalized spacial score (nSPS) is 26.7. The van der Waals surface area contributed by atoms with Gasteiger partial charge < -0.3 is 19.7 Å². The smallest absolute Gasteiger partial charge is 0.168 e. The fraction of sp³-hybridized carbons (Fsp3) is 1.00. The van der Waals surface area contributed by atoms with E-state index < -0.39 is 17.0 Å². The molecule has 1 heterocycles. The zero-order valence-corrected chi connectivity index (χ0v) is 11.6. The Morgan fingerprint density at radius 3 is 2.11 bits per heavy atom. The van der Waals surface area contributed by atoms with Gasteiger partial charge in [-0.2, -0.15) is 0 Å². The molecule has 2 aliphatic rings. The summed E-state index contributed by atoms with van der Waals surface area (Å²) in [6, 6.07) is 0. The highest BCUT2D eigenvalue weighted by molar-refractivity contribution is 4.91. The maximum atomic E-state index is 10.5. The largest absolute Gasteiger partial charge is 0.390 e. The van der Waals surface area contributed by atoms with Crippen molar-refractivity contribution in [3.05, 3.63) is 0 Å². The van der Waals surface area contributed by atoms with Crippen LogP contribution in [-0.2, 0) is 9.47 Å². The number of ether oxygens (including phenoxy) is 2. The van der Waals surface area contributed by atoms with Gasteiger partial charge >= 0.3 is 0 Å². The minimum atomic E-state index is -0.635. The van der Waals surface area contributed by atoms with Crippen molar-refractivity contribution in [2.45, 2.75) is 75.8 Å². The Labute approximate surface area is 109 Å². The lowest BCUT2D eigenvalue weighted by atomic mass is 9.78. The lowest BCUT2D eigenvalue weighted by molar-refractivity contribution is -0.203. The number of hydrogen-bond donors (Lipinski definition) is 2. The lowest BCUT2D eigenvalue weighted by Gasteiger charge is -2.40. The van der Waals surface area contributed by atoms with E-state index in [4.69, 9.17) is 9.47 Å². The summed E-state index contributed by atoms with van der Waals surface area (Å²) in [5, 5.41) is 20.2. The SMILES string of the molecule is CC(C)(O)CCCC1(O)CCC2(CC1)OCCO2. The summed E-state index contributed by atoms with van der Waals surface area (Å²) >= 11 is 0. The third-order valence-electron chi connectivity index (χ3n) is 4.19. The average Bonchev–Trinajstić information content (AvgIpc) is 2.71. The second-order valence-corrected chi connectivity index (χ2v) is 6.50. The molecule has 0 aromatic heterocycles. The van der Waals surface area contributed by atoms with E-state index in [1.54, 1.807) is 0 Å². The van der Waals surface area contributed by atoms with Crippen molar-refractivity contribution in [1.29, 1.82) is 0 Å². The van der Waals surface area contributed by atoms with E-state index in [-0.39, 0.29) is 0 Å². The van der Waals surface area contributed by atoms with Crippen LogP contribution < -0.4 is 0 Å². The summed E-state index contributed by atoms with van der Waals surface area (Å²) in [5.41, 5.74) is -1.23. The van der Waals surface area contributed by atoms with Gasteiger partial charge in [-0.3, -0.25) is 0 Å². The molecule has 4 heteroatoms. The molecule has 4 nitrogen and oxygen atoms in total. The van der Waals surface area contributed by atoms with E-state index in [1.807, 2.05) is 13.8 Å². The van der Waals surface area contributed by atoms with E-state index in [2.05, 4.69) is 0 Å². The van der Waals surface area contributed by atoms with Gasteiger partial charge in [0.15, 0.2) is 5.79 Å². The van der Waals surface area contributed by atoms with E-state index in [0.717, 1.165) is 44.9 Å². The second kappa shape index (κ2) is 5.08. The van der Waals surface area contributed by atoms with Crippen molar-refractivity contribution in [2.24, 2.45) is 0 Å². The Balaban J connectivity index is 1.76. The first-order valence-electron chi connectivity index (χ1n) is 7.05. The topological polar surface area (TPSA) is 58.9 Å². The molecule has 0 aromatic carbocycles. The third kappa shape index (κ3) is 3.67. The Hall–Kier alpha value is -0.160. The summed E-state index contributed by atoms with van der Waals surface area (Å²) in [6.07, 6.45) is 5.38. The van der Waals surface area contributed by atoms with Gasteiger partial charge in [-0.1, -0.05) is 0 Å². The van der Waals surface area contributed by atoms with Crippen molar-refractivity contribution in [1.82, 2.24) is 0 Å². The van der Waals surface area contributed by atoms with Crippen molar-refractivity contribution >= 4 is 0 Å². The Kier molecular flexibility index (Phi) is 4.02. The Morgan fingerprint density at radius 1 is 1.06 bits per heavy atom. The summed E-state index contributed by atoms with van der Waals surface area (Å²) < 4.78 is 11.3. The standard InChI is InChI=1S/C14H26O4/c1-12(2,15)4-3-5-13(16)6-8-14(9-7-13)17-10-11-18-14/h15-16H,3-11H2,1-2H3. The van der Waals surface area contributed by atoms with Crippen LogP contribution >= 0.6 is 0 Å². The van der Waals surface area contributed by atoms with Crippen LogP contribution in [0.3, 0.4) is 0 Å². The predicted octanol–water partition coefficient (Wildman–Crippen LogP) is 1.98. The van der Waals surface area contributed by atoms with E-state index in [9.17, 15) is 10.2 Å². The molecule has 1 spiro atoms. The molecule has 1 saturated carbocycles. The molecule has 2 rings (SSSR count). The van der Waals surface area contributed by atoms with Gasteiger partial charge in [-0.05, 0) is 46.0 Å². The molecule has 2 N–H and O–H groups in total. The molecule has 0 unspecified atom stereocenters. The predicted molar refractivity (Wildman–Crippen MR) is 68.2 cm³/mol. The molecule has 1 aliphatic heterocycles. The maximum Gasteiger partial charge on any atom is 0.168 e. The van der Waals surface area contributed by atoms with Crippen LogP contribution in [0.4, 0.5) is 0 Å². The van der Waals surface area contributed by atoms with Crippen molar-refractivity contribution < 1.29 is 19.7 Å². The number of hydrogen-bond acceptors (Lipinski definition) is 4. The van der Waals surface area contributed by atoms with Crippen LogP contribution in [0.25, 0.3) is 0 Å². The van der Waals surface area contributed by atoms with Crippen LogP contribution in [-0.4, -0.2) is 40.4 Å². The molecule has 0 atom stereocenters. The first-order chi connectivity index (χ1) is 8.33. The summed E-state index contributed by atoms with van der Waals surface area (Å²) in [5.74, 6) is -0.400. The summed E-state index contributed by atoms with van der Waals surface area (Å²) in [7, 11) is 0. The quantitative estimate of drug-likeness (QED) is 0.809. The Bertz CT molecular complexity index is 266. The first kappa shape index (κ1) is 14.3. The Morgan fingerprint density at radius 2 is 1.61 bits per heavy atom. The minimum absolute atomic E-state index is 0.400. The molecule has 106 valence electrons. The maximum absolute atomic E-state index is 10.5. The number of rotatable bonds is 4. The fourth-order valence-electron chi connectivity index (χ4n) is 2.98. The van der Waals surface area contributed by atoms with Crippen molar-refractivity contribution in [3.63, 3.8) is 0 Å². The van der Waals surface area contributed by atoms with E-state index in [0.29, 0.717) is 13.2 Å². The minimum Gasteiger partial charge on any atom is -0.390 e. The molecule has 0 amide bonds. The van der Waals surface area contributed by atoms with Gasteiger partial charge in [-0.15, -0.1) is 0 Å². The van der Waals surface area contributed by atoms with Gasteiger partial charge in [0.05, 0.1) is 24.4 Å². The van der Waals surface area contributed by atoms with E-state index in [1.165, 1.54) is 0 Å². The number of aliphatic hydroxyl groups is 2. The molecule has 18 heavy (non-hydrogen) atoms. The highest BCUT2D eigenvalue weighted by Gasteiger charge is 2.45.